The fraction of sp³-hybridized carbons (Fsp3) is 0.222. The van der Waals surface area contributed by atoms with E-state index in [0.717, 1.165) is 0 Å². The second-order valence-electron chi connectivity index (χ2n) is 2.79. The summed E-state index contributed by atoms with van der Waals surface area (Å²) in [5, 5.41) is 9.27. The van der Waals surface area contributed by atoms with Crippen molar-refractivity contribution >= 4 is 11.6 Å². The second kappa shape index (κ2) is 3.14. The topological polar surface area (TPSA) is 49.8 Å². The van der Waals surface area contributed by atoms with Gasteiger partial charge < -0.3 is 5.73 Å². The van der Waals surface area contributed by atoms with E-state index in [1.807, 2.05) is 12.1 Å². The molecule has 2 N–H and O–H groups in total. The molecule has 0 aliphatic rings. The van der Waals surface area contributed by atoms with Crippen molar-refractivity contribution in [3.8, 4) is 6.07 Å². The molecule has 0 aliphatic carbocycles. The predicted molar refractivity (Wildman–Crippen MR) is 48.6 cm³/mol. The van der Waals surface area contributed by atoms with Gasteiger partial charge in [-0.3, -0.25) is 0 Å². The molecule has 62 valence electrons. The Bertz CT molecular complexity index is 326. The first kappa shape index (κ1) is 9.05. The van der Waals surface area contributed by atoms with Crippen LogP contribution < -0.4 is 5.73 Å². The van der Waals surface area contributed by atoms with Crippen molar-refractivity contribution in [1.29, 1.82) is 5.26 Å². The zero-order valence-corrected chi connectivity index (χ0v) is 7.47. The molecule has 0 saturated carbocycles. The van der Waals surface area contributed by atoms with Gasteiger partial charge >= 0.3 is 0 Å². The highest BCUT2D eigenvalue weighted by molar-refractivity contribution is 6.31. The molecule has 0 amide bonds. The minimum atomic E-state index is -1.00. The molecule has 12 heavy (non-hydrogen) atoms. The highest BCUT2D eigenvalue weighted by Crippen LogP contribution is 2.24. The number of nitrogens with two attached hydrogens (primary N) is 1. The number of nitrogens with zero attached hydrogens (tertiary/aromatic N) is 1. The molecule has 0 spiro atoms. The summed E-state index contributed by atoms with van der Waals surface area (Å²) in [6.45, 7) is 1.63. The zero-order chi connectivity index (χ0) is 9.19. The first-order valence-corrected chi connectivity index (χ1v) is 3.91. The lowest BCUT2D eigenvalue weighted by Gasteiger charge is -2.16. The van der Waals surface area contributed by atoms with Crippen LogP contribution in [0, 0.1) is 11.3 Å². The Balaban J connectivity index is 3.22. The summed E-state index contributed by atoms with van der Waals surface area (Å²) in [4.78, 5) is 0. The van der Waals surface area contributed by atoms with Crippen molar-refractivity contribution in [3.63, 3.8) is 0 Å². The maximum absolute atomic E-state index is 8.74. The number of benzene rings is 1. The van der Waals surface area contributed by atoms with E-state index < -0.39 is 5.54 Å². The van der Waals surface area contributed by atoms with Gasteiger partial charge in [0.1, 0.15) is 5.54 Å². The van der Waals surface area contributed by atoms with Crippen molar-refractivity contribution in [2.24, 2.45) is 5.73 Å². The summed E-state index contributed by atoms with van der Waals surface area (Å²) in [7, 11) is 0. The standard InChI is InChI=1S/C9H9ClN2/c1-9(12,6-11)7-4-2-3-5-8(7)10/h2-5H,12H2,1H3. The number of nitriles is 1. The van der Waals surface area contributed by atoms with Crippen molar-refractivity contribution in [2.45, 2.75) is 12.5 Å². The van der Waals surface area contributed by atoms with Gasteiger partial charge in [-0.05, 0) is 13.0 Å². The summed E-state index contributed by atoms with van der Waals surface area (Å²) in [6, 6.07) is 9.08. The molecule has 1 aromatic carbocycles. The van der Waals surface area contributed by atoms with Gasteiger partial charge in [-0.25, -0.2) is 0 Å². The van der Waals surface area contributed by atoms with Crippen molar-refractivity contribution in [1.82, 2.24) is 0 Å². The van der Waals surface area contributed by atoms with E-state index in [1.165, 1.54) is 0 Å². The Morgan fingerprint density at radius 1 is 1.50 bits per heavy atom. The third-order valence-corrected chi connectivity index (χ3v) is 2.00. The fourth-order valence-corrected chi connectivity index (χ4v) is 1.27. The van der Waals surface area contributed by atoms with E-state index in [9.17, 15) is 0 Å². The summed E-state index contributed by atoms with van der Waals surface area (Å²) in [6.07, 6.45) is 0. The van der Waals surface area contributed by atoms with E-state index in [1.54, 1.807) is 25.1 Å². The van der Waals surface area contributed by atoms with E-state index >= 15 is 0 Å². The van der Waals surface area contributed by atoms with Crippen molar-refractivity contribution < 1.29 is 0 Å². The van der Waals surface area contributed by atoms with E-state index in [0.29, 0.717) is 10.6 Å². The summed E-state index contributed by atoms with van der Waals surface area (Å²) in [5.74, 6) is 0. The Hall–Kier alpha value is -1.04. The van der Waals surface area contributed by atoms with Gasteiger partial charge in [-0.15, -0.1) is 0 Å². The average molecular weight is 181 g/mol. The molecule has 0 aromatic heterocycles. The van der Waals surface area contributed by atoms with Crippen LogP contribution in [0.2, 0.25) is 5.02 Å². The monoisotopic (exact) mass is 180 g/mol. The Kier molecular flexibility index (Phi) is 2.37. The number of hydrogen-bond donors (Lipinski definition) is 1. The van der Waals surface area contributed by atoms with Gasteiger partial charge in [-0.2, -0.15) is 5.26 Å². The second-order valence-corrected chi connectivity index (χ2v) is 3.20. The summed E-state index contributed by atoms with van der Waals surface area (Å²) >= 11 is 5.86. The van der Waals surface area contributed by atoms with Crippen molar-refractivity contribution in [2.75, 3.05) is 0 Å². The molecule has 0 fully saturated rings. The van der Waals surface area contributed by atoms with Crippen LogP contribution in [0.3, 0.4) is 0 Å². The Labute approximate surface area is 76.6 Å². The van der Waals surface area contributed by atoms with Crippen LogP contribution in [0.15, 0.2) is 24.3 Å². The highest BCUT2D eigenvalue weighted by Gasteiger charge is 2.22. The lowest BCUT2D eigenvalue weighted by Crippen LogP contribution is -2.31. The number of hydrogen-bond acceptors (Lipinski definition) is 2. The smallest absolute Gasteiger partial charge is 0.128 e. The largest absolute Gasteiger partial charge is 0.310 e. The van der Waals surface area contributed by atoms with Gasteiger partial charge in [0.2, 0.25) is 0 Å². The average Bonchev–Trinajstić information content (AvgIpc) is 2.05. The van der Waals surface area contributed by atoms with Crippen LogP contribution in [0.25, 0.3) is 0 Å². The van der Waals surface area contributed by atoms with Gasteiger partial charge in [0.15, 0.2) is 0 Å². The molecule has 0 radical (unpaired) electrons. The van der Waals surface area contributed by atoms with Crippen LogP contribution in [-0.2, 0) is 5.54 Å². The first-order chi connectivity index (χ1) is 5.58. The number of rotatable bonds is 1. The predicted octanol–water partition coefficient (Wildman–Crippen LogP) is 2.04. The Morgan fingerprint density at radius 2 is 2.08 bits per heavy atom. The van der Waals surface area contributed by atoms with Crippen LogP contribution in [0.4, 0.5) is 0 Å². The lowest BCUT2D eigenvalue weighted by atomic mass is 9.95. The van der Waals surface area contributed by atoms with Gasteiger partial charge in [0.05, 0.1) is 6.07 Å². The van der Waals surface area contributed by atoms with E-state index in [4.69, 9.17) is 22.6 Å². The Morgan fingerprint density at radius 3 is 2.58 bits per heavy atom. The molecular formula is C9H9ClN2. The van der Waals surface area contributed by atoms with Crippen LogP contribution >= 0.6 is 11.6 Å². The van der Waals surface area contributed by atoms with Crippen molar-refractivity contribution in [3.05, 3.63) is 34.9 Å². The molecule has 3 heteroatoms. The minimum absolute atomic E-state index is 0.532. The first-order valence-electron chi connectivity index (χ1n) is 3.53. The molecule has 0 saturated heterocycles. The van der Waals surface area contributed by atoms with Gasteiger partial charge in [0, 0.05) is 10.6 Å². The maximum Gasteiger partial charge on any atom is 0.128 e. The third-order valence-electron chi connectivity index (χ3n) is 1.67. The normalized spacial score (nSPS) is 14.8. The third kappa shape index (κ3) is 1.58. The van der Waals surface area contributed by atoms with Crippen LogP contribution in [0.5, 0.6) is 0 Å². The molecule has 1 unspecified atom stereocenters. The zero-order valence-electron chi connectivity index (χ0n) is 6.71. The molecule has 1 rings (SSSR count). The van der Waals surface area contributed by atoms with Gasteiger partial charge in [0.25, 0.3) is 0 Å². The molecule has 0 bridgehead atoms. The maximum atomic E-state index is 8.74. The SMILES string of the molecule is CC(N)(C#N)c1ccccc1Cl. The number of halogens is 1. The fourth-order valence-electron chi connectivity index (χ4n) is 0.943. The molecular weight excluding hydrogens is 172 g/mol. The van der Waals surface area contributed by atoms with Gasteiger partial charge in [-0.1, -0.05) is 29.8 Å². The molecule has 0 heterocycles. The highest BCUT2D eigenvalue weighted by atomic mass is 35.5. The molecule has 1 atom stereocenters. The molecule has 1 aromatic rings. The lowest BCUT2D eigenvalue weighted by molar-refractivity contribution is 0.647. The van der Waals surface area contributed by atoms with E-state index in [2.05, 4.69) is 0 Å². The van der Waals surface area contributed by atoms with Crippen LogP contribution in [0.1, 0.15) is 12.5 Å². The minimum Gasteiger partial charge on any atom is -0.310 e. The molecule has 0 aliphatic heterocycles. The van der Waals surface area contributed by atoms with Crippen LogP contribution in [-0.4, -0.2) is 0 Å². The summed E-state index contributed by atoms with van der Waals surface area (Å²) in [5.41, 5.74) is 5.35. The quantitative estimate of drug-likeness (QED) is 0.719. The molecule has 2 nitrogen and oxygen atoms in total. The van der Waals surface area contributed by atoms with E-state index in [-0.39, 0.29) is 0 Å². The summed E-state index contributed by atoms with van der Waals surface area (Å²) < 4.78 is 0.